The first-order chi connectivity index (χ1) is 29.2. The quantitative estimate of drug-likeness (QED) is 0.148. The molecule has 8 atom stereocenters. The predicted molar refractivity (Wildman–Crippen MR) is 238 cm³/mol. The lowest BCUT2D eigenvalue weighted by Crippen LogP contribution is -2.58. The Morgan fingerprint density at radius 3 is 0.871 bits per heavy atom. The maximum atomic E-state index is 14.3. The van der Waals surface area contributed by atoms with Crippen molar-refractivity contribution < 1.29 is 47.8 Å². The van der Waals surface area contributed by atoms with Gasteiger partial charge < -0.3 is 38.9 Å². The zero-order chi connectivity index (χ0) is 47.4. The Hall–Kier alpha value is -4.24. The van der Waals surface area contributed by atoms with E-state index in [1.807, 2.05) is 27.7 Å². The van der Waals surface area contributed by atoms with Crippen molar-refractivity contribution in [2.75, 3.05) is 42.3 Å². The second kappa shape index (κ2) is 27.7. The highest BCUT2D eigenvalue weighted by atomic mass is 16.6. The number of amides is 6. The number of nitrogens with zero attached hydrogens (tertiary/aromatic N) is 6. The Balaban J connectivity index is 3.95. The van der Waals surface area contributed by atoms with E-state index in [0.717, 1.165) is 51.4 Å². The third kappa shape index (κ3) is 15.5. The SMILES string of the molecule is CCCCC[C@@H]1OC(=O)[C@@H](C)N(C)C(=O)[C@H](CCCCC)N(C)C(=O)[C@@H](C)N(C)C(=O)[C@H](CCCCC)OC(=O)[C@@H](C)N(C)C(=O)[C@H](CCCCC)N(C)C(=O)[C@@H](C)N(C)C1=O. The Bertz CT molecular complexity index is 1390. The van der Waals surface area contributed by atoms with Crippen LogP contribution in [0, 0.1) is 0 Å². The maximum Gasteiger partial charge on any atom is 0.329 e. The van der Waals surface area contributed by atoms with E-state index >= 15 is 0 Å². The van der Waals surface area contributed by atoms with Gasteiger partial charge in [0.1, 0.15) is 36.3 Å². The van der Waals surface area contributed by atoms with E-state index in [1.54, 1.807) is 13.8 Å². The molecule has 0 radical (unpaired) electrons. The average molecular weight is 879 g/mol. The molecule has 0 spiro atoms. The Morgan fingerprint density at radius 1 is 0.339 bits per heavy atom. The summed E-state index contributed by atoms with van der Waals surface area (Å²) in [5.74, 6) is -4.95. The van der Waals surface area contributed by atoms with Crippen LogP contribution in [-0.2, 0) is 47.8 Å². The summed E-state index contributed by atoms with van der Waals surface area (Å²) in [6.07, 6.45) is 7.22. The van der Waals surface area contributed by atoms with Gasteiger partial charge in [-0.25, -0.2) is 9.59 Å². The van der Waals surface area contributed by atoms with Gasteiger partial charge >= 0.3 is 11.9 Å². The number of esters is 2. The molecule has 1 aliphatic rings. The molecule has 0 aliphatic carbocycles. The molecule has 0 saturated carbocycles. The molecule has 1 aliphatic heterocycles. The summed E-state index contributed by atoms with van der Waals surface area (Å²) in [7, 11) is 8.78. The van der Waals surface area contributed by atoms with Crippen LogP contribution in [0.25, 0.3) is 0 Å². The fraction of sp³-hybridized carbons (Fsp3) is 0.826. The Kier molecular flexibility index (Phi) is 25.0. The van der Waals surface area contributed by atoms with Crippen molar-refractivity contribution in [3.63, 3.8) is 0 Å². The molecule has 16 nitrogen and oxygen atoms in total. The minimum atomic E-state index is -1.26. The van der Waals surface area contributed by atoms with Crippen LogP contribution in [0.15, 0.2) is 0 Å². The van der Waals surface area contributed by atoms with Crippen molar-refractivity contribution in [2.45, 2.75) is 207 Å². The third-order valence-corrected chi connectivity index (χ3v) is 12.7. The largest absolute Gasteiger partial charge is 0.451 e. The topological polar surface area (TPSA) is 174 Å². The molecule has 0 bridgehead atoms. The van der Waals surface area contributed by atoms with Gasteiger partial charge in [-0.05, 0) is 66.2 Å². The number of hydrogen-bond acceptors (Lipinski definition) is 10. The van der Waals surface area contributed by atoms with Gasteiger partial charge in [0, 0.05) is 42.3 Å². The number of rotatable bonds is 16. The first-order valence-corrected chi connectivity index (χ1v) is 23.2. The molecule has 0 aromatic carbocycles. The van der Waals surface area contributed by atoms with E-state index in [-0.39, 0.29) is 25.7 Å². The average Bonchev–Trinajstić information content (AvgIpc) is 3.26. The predicted octanol–water partition coefficient (Wildman–Crippen LogP) is 5.19. The molecule has 1 fully saturated rings. The first-order valence-electron chi connectivity index (χ1n) is 23.2. The van der Waals surface area contributed by atoms with E-state index in [4.69, 9.17) is 9.47 Å². The lowest BCUT2D eigenvalue weighted by molar-refractivity contribution is -0.169. The van der Waals surface area contributed by atoms with Gasteiger partial charge in [0.25, 0.3) is 11.8 Å². The normalized spacial score (nSPS) is 26.6. The molecule has 0 N–H and O–H groups in total. The monoisotopic (exact) mass is 879 g/mol. The van der Waals surface area contributed by atoms with E-state index < -0.39 is 95.8 Å². The number of cyclic esters (lactones) is 2. The molecule has 62 heavy (non-hydrogen) atoms. The van der Waals surface area contributed by atoms with Crippen LogP contribution >= 0.6 is 0 Å². The standard InChI is InChI=1S/C46H82N6O10/c1-15-19-23-27-35-41(55)49(11)33(7)45(59)61-38(30-26-22-18-4)44(58)48(10)32(6)40(54)52(14)36(28-24-20-16-2)42(56)50(12)34(8)46(60)62-37(29-25-21-17-3)43(57)47(9)31(5)39(53)51(35)13/h31-38H,15-30H2,1-14H3/t31-,32-,33-,34-,35+,36+,37+,38+/m1/s1. The first kappa shape index (κ1) is 55.8. The summed E-state index contributed by atoms with van der Waals surface area (Å²) in [6.45, 7) is 14.1. The van der Waals surface area contributed by atoms with E-state index in [0.29, 0.717) is 25.7 Å². The highest BCUT2D eigenvalue weighted by Gasteiger charge is 2.41. The van der Waals surface area contributed by atoms with Crippen LogP contribution in [0.5, 0.6) is 0 Å². The molecular weight excluding hydrogens is 797 g/mol. The Morgan fingerprint density at radius 2 is 0.597 bits per heavy atom. The van der Waals surface area contributed by atoms with Crippen LogP contribution in [0.1, 0.15) is 158 Å². The molecule has 6 amide bonds. The van der Waals surface area contributed by atoms with E-state index in [1.165, 1.54) is 85.5 Å². The summed E-state index contributed by atoms with van der Waals surface area (Å²) in [4.78, 5) is 121. The van der Waals surface area contributed by atoms with Crippen molar-refractivity contribution in [1.29, 1.82) is 0 Å². The van der Waals surface area contributed by atoms with E-state index in [9.17, 15) is 38.4 Å². The summed E-state index contributed by atoms with van der Waals surface area (Å²) < 4.78 is 11.8. The van der Waals surface area contributed by atoms with Gasteiger partial charge in [0.15, 0.2) is 12.2 Å². The summed E-state index contributed by atoms with van der Waals surface area (Å²) >= 11 is 0. The molecule has 1 heterocycles. The molecular formula is C46H82N6O10. The molecule has 356 valence electrons. The fourth-order valence-electron chi connectivity index (χ4n) is 7.48. The molecule has 1 saturated heterocycles. The lowest BCUT2D eigenvalue weighted by Gasteiger charge is -2.37. The summed E-state index contributed by atoms with van der Waals surface area (Å²) in [5.41, 5.74) is 0. The van der Waals surface area contributed by atoms with Crippen molar-refractivity contribution in [2.24, 2.45) is 0 Å². The van der Waals surface area contributed by atoms with Gasteiger partial charge in [-0.1, -0.05) is 91.9 Å². The summed E-state index contributed by atoms with van der Waals surface area (Å²) in [6, 6.07) is -6.46. The fourth-order valence-corrected chi connectivity index (χ4v) is 7.48. The van der Waals surface area contributed by atoms with Crippen molar-refractivity contribution in [1.82, 2.24) is 29.4 Å². The van der Waals surface area contributed by atoms with Gasteiger partial charge in [0.05, 0.1) is 0 Å². The van der Waals surface area contributed by atoms with Crippen LogP contribution in [0.4, 0.5) is 0 Å². The smallest absolute Gasteiger partial charge is 0.329 e. The number of unbranched alkanes of at least 4 members (excludes halogenated alkanes) is 8. The molecule has 1 rings (SSSR count). The zero-order valence-electron chi connectivity index (χ0n) is 40.7. The third-order valence-electron chi connectivity index (χ3n) is 12.7. The molecule has 0 unspecified atom stereocenters. The minimum absolute atomic E-state index is 0.182. The maximum absolute atomic E-state index is 14.3. The summed E-state index contributed by atoms with van der Waals surface area (Å²) in [5, 5.41) is 0. The zero-order valence-corrected chi connectivity index (χ0v) is 40.7. The van der Waals surface area contributed by atoms with E-state index in [2.05, 4.69) is 0 Å². The van der Waals surface area contributed by atoms with Crippen LogP contribution in [-0.4, -0.2) is 168 Å². The van der Waals surface area contributed by atoms with Crippen molar-refractivity contribution in [3.05, 3.63) is 0 Å². The number of carbonyl (C=O) groups excluding carboxylic acids is 8. The van der Waals surface area contributed by atoms with Crippen LogP contribution < -0.4 is 0 Å². The number of ether oxygens (including phenoxy) is 2. The van der Waals surface area contributed by atoms with Crippen LogP contribution in [0.2, 0.25) is 0 Å². The molecule has 0 aromatic heterocycles. The number of hydrogen-bond donors (Lipinski definition) is 0. The van der Waals surface area contributed by atoms with Crippen molar-refractivity contribution >= 4 is 47.4 Å². The highest BCUT2D eigenvalue weighted by molar-refractivity contribution is 5.96. The minimum Gasteiger partial charge on any atom is -0.451 e. The number of carbonyl (C=O) groups is 8. The van der Waals surface area contributed by atoms with Gasteiger partial charge in [-0.3, -0.25) is 28.8 Å². The second-order valence-electron chi connectivity index (χ2n) is 17.3. The van der Waals surface area contributed by atoms with Gasteiger partial charge in [-0.2, -0.15) is 0 Å². The van der Waals surface area contributed by atoms with Crippen LogP contribution in [0.3, 0.4) is 0 Å². The van der Waals surface area contributed by atoms with Crippen molar-refractivity contribution in [3.8, 4) is 0 Å². The molecule has 0 aromatic rings. The Labute approximate surface area is 372 Å². The lowest BCUT2D eigenvalue weighted by atomic mass is 10.0. The van der Waals surface area contributed by atoms with Gasteiger partial charge in [0.2, 0.25) is 23.6 Å². The molecule has 16 heteroatoms. The second-order valence-corrected chi connectivity index (χ2v) is 17.3. The van der Waals surface area contributed by atoms with Gasteiger partial charge in [-0.15, -0.1) is 0 Å². The number of likely N-dealkylation sites (N-methyl/N-ethyl adjacent to an activating group) is 6. The highest BCUT2D eigenvalue weighted by Crippen LogP contribution is 2.22.